The summed E-state index contributed by atoms with van der Waals surface area (Å²) in [5, 5.41) is 20.3. The molecule has 0 atom stereocenters. The third-order valence-electron chi connectivity index (χ3n) is 30.3. The summed E-state index contributed by atoms with van der Waals surface area (Å²) >= 11 is 0. The van der Waals surface area contributed by atoms with Gasteiger partial charge in [0.05, 0.1) is 61.2 Å². The van der Waals surface area contributed by atoms with Crippen LogP contribution in [-0.2, 0) is 16.2 Å². The number of aromatic nitrogens is 7. The Morgan fingerprint density at radius 3 is 0.978 bits per heavy atom. The Morgan fingerprint density at radius 2 is 0.543 bits per heavy atom. The summed E-state index contributed by atoms with van der Waals surface area (Å²) in [6.45, 7) is 14.3. The number of fused-ring (bicyclic) bond motifs is 33. The van der Waals surface area contributed by atoms with E-state index in [0.717, 1.165) is 84.0 Å². The van der Waals surface area contributed by atoms with E-state index in [0.29, 0.717) is 0 Å². The Kier molecular flexibility index (Phi) is 18.0. The van der Waals surface area contributed by atoms with Crippen LogP contribution in [0.2, 0.25) is 0 Å². The minimum Gasteiger partial charge on any atom is -0.309 e. The van der Waals surface area contributed by atoms with Crippen LogP contribution in [0.5, 0.6) is 0 Å². The fourth-order valence-corrected chi connectivity index (χ4v) is 24.1. The molecule has 7 heteroatoms. The third kappa shape index (κ3) is 12.0. The van der Waals surface area contributed by atoms with Crippen molar-refractivity contribution in [3.05, 3.63) is 476 Å². The fraction of sp³-hybridized carbons (Fsp3) is 0.0687. The maximum Gasteiger partial charge on any atom is 0.160 e. The van der Waals surface area contributed by atoms with E-state index in [1.165, 1.54) is 186 Å². The third-order valence-corrected chi connectivity index (χ3v) is 30.3. The smallest absolute Gasteiger partial charge is 0.160 e. The summed E-state index contributed by atoms with van der Waals surface area (Å²) in [5.74, 6) is 0.727. The molecule has 0 amide bonds. The summed E-state index contributed by atoms with van der Waals surface area (Å²) in [6.07, 6.45) is 1.97. The average Bonchev–Trinajstić information content (AvgIpc) is 1.53. The molecule has 6 heterocycles. The van der Waals surface area contributed by atoms with Gasteiger partial charge < -0.3 is 13.7 Å². The molecule has 138 heavy (non-hydrogen) atoms. The van der Waals surface area contributed by atoms with Crippen LogP contribution in [0.25, 0.3) is 237 Å². The number of hydrogen-bond donors (Lipinski definition) is 0. The first kappa shape index (κ1) is 80.4. The molecule has 0 radical (unpaired) electrons. The normalized spacial score (nSPS) is 13.5. The maximum absolute atomic E-state index is 5.14. The van der Waals surface area contributed by atoms with Gasteiger partial charge in [-0.25, -0.2) is 15.0 Å². The molecule has 20 aromatic carbocycles. The Bertz CT molecular complexity index is 9200. The lowest BCUT2D eigenvalue weighted by molar-refractivity contribution is 0.664. The largest absolute Gasteiger partial charge is 0.309 e. The van der Waals surface area contributed by atoms with E-state index >= 15 is 0 Å². The van der Waals surface area contributed by atoms with Crippen LogP contribution in [-0.4, -0.2) is 33.6 Å². The maximum atomic E-state index is 5.14. The van der Waals surface area contributed by atoms with Gasteiger partial charge in [0.1, 0.15) is 0 Å². The number of para-hydroxylation sites is 5. The first-order chi connectivity index (χ1) is 67.8. The minimum absolute atomic E-state index is 0.144. The first-order valence-corrected chi connectivity index (χ1v) is 48.0. The van der Waals surface area contributed by atoms with E-state index in [9.17, 15) is 0 Å². The highest BCUT2D eigenvalue weighted by atomic mass is 15.0. The van der Waals surface area contributed by atoms with E-state index < -0.39 is 0 Å². The predicted octanol–water partition coefficient (Wildman–Crippen LogP) is 34.1. The summed E-state index contributed by atoms with van der Waals surface area (Å²) in [7, 11) is 0. The van der Waals surface area contributed by atoms with Crippen molar-refractivity contribution in [3.63, 3.8) is 0 Å². The number of pyridine rings is 2. The highest BCUT2D eigenvalue weighted by molar-refractivity contribution is 6.30. The van der Waals surface area contributed by atoms with Crippen LogP contribution < -0.4 is 0 Å². The summed E-state index contributed by atoms with van der Waals surface area (Å²) in [6, 6.07) is 158. The Balaban J connectivity index is 0.000000105. The van der Waals surface area contributed by atoms with Crippen molar-refractivity contribution in [2.45, 2.75) is 57.8 Å². The van der Waals surface area contributed by atoms with Crippen molar-refractivity contribution in [1.82, 2.24) is 33.6 Å². The molecule has 3 aliphatic carbocycles. The standard InChI is InChI=1S/C46H32N2.C45H31N3.C40H28N2/c1-46(2)38-21-11-8-19-35(38)42-33-17-6-7-18-34(33)43-36-20-10-13-23-41(36)48(45(43)44(42)46)31-26-24-30(25-27-31)40-28-37(29-14-4-3-5-15-29)32-16-9-12-22-39(32)47-40;1-45(2)36-21-11-8-18-33(36)39-31-16-6-7-17-32(31)40-35-20-10-13-23-38(35)48(43(40)41(39)45)30-26-24-29(25-27-30)44-46-37-22-12-9-19-34(37)42(47-44)28-14-4-3-5-15-28;1-40(2)33-17-9-7-15-31(33)36-29-13-5-6-14-30(29)37-32-16-8-10-18-35(32)42(39(37)38(36)40)28-21-19-25(20-22-28)34-23-26-11-3-4-12-27(26)24-41-34/h3-28H,1-2H3;3-27H,1-2H3;3-24H,1-2H3. The van der Waals surface area contributed by atoms with Crippen LogP contribution in [0.1, 0.15) is 74.9 Å². The first-order valence-electron chi connectivity index (χ1n) is 48.0. The predicted molar refractivity (Wildman–Crippen MR) is 578 cm³/mol. The zero-order chi connectivity index (χ0) is 92.0. The van der Waals surface area contributed by atoms with E-state index in [4.69, 9.17) is 19.9 Å². The molecule has 7 nitrogen and oxygen atoms in total. The van der Waals surface area contributed by atoms with Gasteiger partial charge in [-0.3, -0.25) is 4.98 Å². The molecule has 0 aliphatic heterocycles. The lowest BCUT2D eigenvalue weighted by Gasteiger charge is -2.24. The second-order valence-electron chi connectivity index (χ2n) is 38.9. The van der Waals surface area contributed by atoms with Crippen LogP contribution in [0.4, 0.5) is 0 Å². The van der Waals surface area contributed by atoms with Gasteiger partial charge in [-0.1, -0.05) is 387 Å². The Hall–Kier alpha value is -17.3. The molecule has 0 spiro atoms. The van der Waals surface area contributed by atoms with Crippen LogP contribution >= 0.6 is 0 Å². The van der Waals surface area contributed by atoms with Gasteiger partial charge in [0.15, 0.2) is 5.82 Å². The summed E-state index contributed by atoms with van der Waals surface area (Å²) < 4.78 is 7.50. The molecular weight excluding hydrogens is 1670 g/mol. The highest BCUT2D eigenvalue weighted by Gasteiger charge is 2.44. The van der Waals surface area contributed by atoms with Crippen LogP contribution in [0.15, 0.2) is 443 Å². The lowest BCUT2D eigenvalue weighted by Crippen LogP contribution is -2.16. The molecule has 6 aromatic heterocycles. The van der Waals surface area contributed by atoms with Crippen LogP contribution in [0, 0.1) is 0 Å². The van der Waals surface area contributed by atoms with E-state index in [2.05, 4.69) is 480 Å². The highest BCUT2D eigenvalue weighted by Crippen LogP contribution is 2.61. The van der Waals surface area contributed by atoms with Gasteiger partial charge in [-0.05, 0) is 207 Å². The van der Waals surface area contributed by atoms with E-state index in [1.54, 1.807) is 0 Å². The molecule has 26 aromatic rings. The van der Waals surface area contributed by atoms with Gasteiger partial charge in [-0.15, -0.1) is 0 Å². The molecule has 650 valence electrons. The van der Waals surface area contributed by atoms with Crippen molar-refractivity contribution < 1.29 is 0 Å². The quantitative estimate of drug-likeness (QED) is 0.152. The topological polar surface area (TPSA) is 66.3 Å². The molecule has 0 saturated heterocycles. The Labute approximate surface area is 799 Å². The lowest BCUT2D eigenvalue weighted by atomic mass is 9.80. The van der Waals surface area contributed by atoms with Gasteiger partial charge in [0.25, 0.3) is 0 Å². The summed E-state index contributed by atoms with van der Waals surface area (Å²) in [5.41, 5.74) is 38.6. The average molecular weight is 1760 g/mol. The monoisotopic (exact) mass is 1760 g/mol. The molecule has 29 rings (SSSR count). The zero-order valence-corrected chi connectivity index (χ0v) is 77.3. The van der Waals surface area contributed by atoms with Crippen molar-refractivity contribution in [3.8, 4) is 107 Å². The number of rotatable bonds is 8. The van der Waals surface area contributed by atoms with Crippen molar-refractivity contribution in [1.29, 1.82) is 0 Å². The van der Waals surface area contributed by atoms with E-state index in [-0.39, 0.29) is 16.2 Å². The van der Waals surface area contributed by atoms with Gasteiger partial charge >= 0.3 is 0 Å². The number of hydrogen-bond acceptors (Lipinski definition) is 4. The molecule has 0 saturated carbocycles. The second kappa shape index (κ2) is 30.9. The van der Waals surface area contributed by atoms with Gasteiger partial charge in [0.2, 0.25) is 0 Å². The molecule has 3 aliphatic rings. The van der Waals surface area contributed by atoms with Crippen molar-refractivity contribution >= 4 is 130 Å². The molecule has 0 fully saturated rings. The van der Waals surface area contributed by atoms with E-state index in [1.807, 2.05) is 18.3 Å². The van der Waals surface area contributed by atoms with Crippen molar-refractivity contribution in [2.24, 2.45) is 0 Å². The molecule has 0 bridgehead atoms. The Morgan fingerprint density at radius 1 is 0.217 bits per heavy atom. The second-order valence-corrected chi connectivity index (χ2v) is 38.9. The zero-order valence-electron chi connectivity index (χ0n) is 77.3. The molecule has 0 N–H and O–H groups in total. The summed E-state index contributed by atoms with van der Waals surface area (Å²) in [4.78, 5) is 20.1. The van der Waals surface area contributed by atoms with Crippen LogP contribution in [0.3, 0.4) is 0 Å². The molecular formula is C131H91N7. The number of benzene rings is 20. The fourth-order valence-electron chi connectivity index (χ4n) is 24.1. The molecule has 0 unspecified atom stereocenters. The SMILES string of the molecule is CC1(C)c2ccccc2-c2c1c1c(c3ccccc23)c2ccccc2n1-c1ccc(-c2cc(-c3ccccc3)c3ccccc3n2)cc1.CC1(C)c2ccccc2-c2c1c1c(c3ccccc23)c2ccccc2n1-c1ccc(-c2cc3ccccc3cn2)cc1.CC1(C)c2ccccc2-c2c1c1c(c3ccccc23)c2ccccc2n1-c1ccc(-c2nc(-c3ccccc3)c3ccccc3n2)cc1. The van der Waals surface area contributed by atoms with Gasteiger partial charge in [-0.2, -0.15) is 0 Å². The van der Waals surface area contributed by atoms with Gasteiger partial charge in [0, 0.05) is 110 Å². The minimum atomic E-state index is -0.174. The number of nitrogens with zero attached hydrogens (tertiary/aromatic N) is 7. The van der Waals surface area contributed by atoms with Crippen molar-refractivity contribution in [2.75, 3.05) is 0 Å².